The Balaban J connectivity index is 0.765. The van der Waals surface area contributed by atoms with Crippen molar-refractivity contribution in [1.82, 2.24) is 30.4 Å². The summed E-state index contributed by atoms with van der Waals surface area (Å²) in [6, 6.07) is 24.1. The van der Waals surface area contributed by atoms with E-state index in [1.807, 2.05) is 63.2 Å². The van der Waals surface area contributed by atoms with Gasteiger partial charge in [-0.2, -0.15) is 0 Å². The minimum Gasteiger partial charge on any atom is -0.481 e. The molecule has 14 heteroatoms. The smallest absolute Gasteiger partial charge is 0.317 e. The Hall–Kier alpha value is -6.02. The molecule has 5 amide bonds. The third kappa shape index (κ3) is 10.3. The number of nitrogens with zero attached hydrogens (tertiary/aromatic N) is 5. The summed E-state index contributed by atoms with van der Waals surface area (Å²) in [7, 11) is 0. The van der Waals surface area contributed by atoms with Crippen molar-refractivity contribution in [2.24, 2.45) is 5.92 Å². The SMILES string of the molecule is Cc1cc(-c2ccnc(Nc3ccc(N4CCC(C(=O)N5CCC(c6ccc(OC7CCC(=O)NC7=O)cc6)CC5)CC4)cc3)n2)ccc1CNC(=O)N1CC(OC(C)C)C1. The summed E-state index contributed by atoms with van der Waals surface area (Å²) in [5, 5.41) is 8.72. The second kappa shape index (κ2) is 18.7. The molecule has 0 bridgehead atoms. The number of nitrogens with one attached hydrogen (secondary N) is 3. The molecule has 4 saturated heterocycles. The van der Waals surface area contributed by atoms with E-state index >= 15 is 0 Å². The standard InChI is InChI=1S/C47H56N8O6/c1-30(2)60-40-28-55(29-40)47(59)49-27-36-5-4-35(26-31(36)3)41-16-21-48-46(51-41)50-37-8-10-38(11-9-37)53-22-19-34(20-23-53)45(58)54-24-17-33(18-25-54)32-6-12-39(13-7-32)61-42-14-15-43(56)52-44(42)57/h4-13,16,21,26,30,33-34,40,42H,14-15,17-20,22-25,27-29H2,1-3H3,(H,49,59)(H,48,50,51)(H,52,56,57). The van der Waals surface area contributed by atoms with Gasteiger partial charge in [0.05, 0.1) is 31.0 Å². The summed E-state index contributed by atoms with van der Waals surface area (Å²) in [4.78, 5) is 65.1. The average molecular weight is 829 g/mol. The number of imide groups is 1. The molecule has 0 spiro atoms. The molecule has 0 radical (unpaired) electrons. The van der Waals surface area contributed by atoms with Crippen molar-refractivity contribution in [3.05, 3.63) is 95.7 Å². The highest BCUT2D eigenvalue weighted by Gasteiger charge is 2.33. The van der Waals surface area contributed by atoms with Gasteiger partial charge in [0.15, 0.2) is 6.10 Å². The molecule has 320 valence electrons. The number of aromatic nitrogens is 2. The van der Waals surface area contributed by atoms with Crippen LogP contribution in [0.15, 0.2) is 79.0 Å². The highest BCUT2D eigenvalue weighted by molar-refractivity contribution is 5.99. The summed E-state index contributed by atoms with van der Waals surface area (Å²) in [5.41, 5.74) is 7.12. The van der Waals surface area contributed by atoms with E-state index < -0.39 is 6.10 Å². The van der Waals surface area contributed by atoms with Crippen molar-refractivity contribution in [2.45, 2.75) is 90.1 Å². The molecule has 1 unspecified atom stereocenters. The zero-order valence-corrected chi connectivity index (χ0v) is 35.3. The lowest BCUT2D eigenvalue weighted by Crippen LogP contribution is -2.58. The number of ether oxygens (including phenoxy) is 2. The Morgan fingerprint density at radius 3 is 2.30 bits per heavy atom. The lowest BCUT2D eigenvalue weighted by atomic mass is 9.88. The molecule has 14 nitrogen and oxygen atoms in total. The number of benzene rings is 3. The van der Waals surface area contributed by atoms with Crippen molar-refractivity contribution >= 4 is 41.1 Å². The number of anilines is 3. The van der Waals surface area contributed by atoms with Crippen LogP contribution in [0.3, 0.4) is 0 Å². The van der Waals surface area contributed by atoms with E-state index in [1.165, 1.54) is 5.56 Å². The number of hydrogen-bond acceptors (Lipinski definition) is 10. The Morgan fingerprint density at radius 2 is 1.61 bits per heavy atom. The van der Waals surface area contributed by atoms with E-state index in [4.69, 9.17) is 14.5 Å². The predicted molar refractivity (Wildman–Crippen MR) is 232 cm³/mol. The van der Waals surface area contributed by atoms with Gasteiger partial charge in [-0.1, -0.05) is 24.3 Å². The van der Waals surface area contributed by atoms with Crippen LogP contribution in [0, 0.1) is 12.8 Å². The maximum Gasteiger partial charge on any atom is 0.317 e. The minimum atomic E-state index is -0.648. The second-order valence-corrected chi connectivity index (χ2v) is 16.9. The van der Waals surface area contributed by atoms with Crippen LogP contribution >= 0.6 is 0 Å². The van der Waals surface area contributed by atoms with Crippen LogP contribution in [0.1, 0.15) is 75.0 Å². The van der Waals surface area contributed by atoms with Gasteiger partial charge >= 0.3 is 6.03 Å². The van der Waals surface area contributed by atoms with Crippen molar-refractivity contribution in [1.29, 1.82) is 0 Å². The number of hydrogen-bond donors (Lipinski definition) is 3. The predicted octanol–water partition coefficient (Wildman–Crippen LogP) is 6.32. The molecule has 4 fully saturated rings. The molecule has 0 aliphatic carbocycles. The van der Waals surface area contributed by atoms with Gasteiger partial charge in [0.2, 0.25) is 17.8 Å². The van der Waals surface area contributed by atoms with E-state index in [1.54, 1.807) is 11.1 Å². The number of likely N-dealkylation sites (tertiary alicyclic amines) is 2. The first kappa shape index (κ1) is 41.7. The molecule has 5 heterocycles. The summed E-state index contributed by atoms with van der Waals surface area (Å²) in [5.74, 6) is 1.16. The van der Waals surface area contributed by atoms with E-state index in [0.717, 1.165) is 85.6 Å². The highest BCUT2D eigenvalue weighted by atomic mass is 16.5. The number of rotatable bonds is 12. The van der Waals surface area contributed by atoms with Crippen LogP contribution in [0.25, 0.3) is 11.3 Å². The molecule has 3 N–H and O–H groups in total. The zero-order chi connectivity index (χ0) is 42.5. The maximum atomic E-state index is 13.6. The van der Waals surface area contributed by atoms with Crippen LogP contribution in [0.5, 0.6) is 5.75 Å². The molecular formula is C47H56N8O6. The lowest BCUT2D eigenvalue weighted by Gasteiger charge is -2.39. The van der Waals surface area contributed by atoms with Crippen LogP contribution < -0.4 is 25.6 Å². The summed E-state index contributed by atoms with van der Waals surface area (Å²) in [6.07, 6.45) is 5.54. The van der Waals surface area contributed by atoms with Crippen LogP contribution in [0.4, 0.5) is 22.1 Å². The van der Waals surface area contributed by atoms with E-state index in [2.05, 4.69) is 61.1 Å². The zero-order valence-electron chi connectivity index (χ0n) is 35.3. The molecular weight excluding hydrogens is 773 g/mol. The van der Waals surface area contributed by atoms with Crippen molar-refractivity contribution in [3.8, 4) is 17.0 Å². The normalized spacial score (nSPS) is 19.1. The fourth-order valence-electron chi connectivity index (χ4n) is 8.72. The molecule has 1 aromatic heterocycles. The third-order valence-corrected chi connectivity index (χ3v) is 12.3. The number of amides is 5. The van der Waals surface area contributed by atoms with Crippen molar-refractivity contribution < 1.29 is 28.7 Å². The molecule has 4 aliphatic heterocycles. The van der Waals surface area contributed by atoms with Gasteiger partial charge in [0, 0.05) is 74.6 Å². The molecule has 4 aliphatic rings. The molecule has 3 aromatic carbocycles. The number of aryl methyl sites for hydroxylation is 1. The van der Waals surface area contributed by atoms with Gasteiger partial charge < -0.3 is 34.8 Å². The molecule has 61 heavy (non-hydrogen) atoms. The molecule has 0 saturated carbocycles. The van der Waals surface area contributed by atoms with E-state index in [9.17, 15) is 19.2 Å². The molecule has 4 aromatic rings. The monoisotopic (exact) mass is 828 g/mol. The van der Waals surface area contributed by atoms with E-state index in [0.29, 0.717) is 43.7 Å². The first-order valence-corrected chi connectivity index (χ1v) is 21.7. The van der Waals surface area contributed by atoms with Crippen molar-refractivity contribution in [3.63, 3.8) is 0 Å². The van der Waals surface area contributed by atoms with E-state index in [-0.39, 0.29) is 48.3 Å². The fourth-order valence-corrected chi connectivity index (χ4v) is 8.72. The second-order valence-electron chi connectivity index (χ2n) is 16.9. The summed E-state index contributed by atoms with van der Waals surface area (Å²) < 4.78 is 11.6. The van der Waals surface area contributed by atoms with Gasteiger partial charge in [0.1, 0.15) is 5.75 Å². The van der Waals surface area contributed by atoms with Gasteiger partial charge in [-0.3, -0.25) is 19.7 Å². The highest BCUT2D eigenvalue weighted by Crippen LogP contribution is 2.33. The first-order valence-electron chi connectivity index (χ1n) is 21.7. The Labute approximate surface area is 357 Å². The minimum absolute atomic E-state index is 0.0385. The van der Waals surface area contributed by atoms with Crippen LogP contribution in [-0.4, -0.2) is 101 Å². The van der Waals surface area contributed by atoms with Crippen LogP contribution in [0.2, 0.25) is 0 Å². The summed E-state index contributed by atoms with van der Waals surface area (Å²) in [6.45, 7) is 10.9. The Kier molecular flexibility index (Phi) is 12.8. The largest absolute Gasteiger partial charge is 0.481 e. The maximum absolute atomic E-state index is 13.6. The third-order valence-electron chi connectivity index (χ3n) is 12.3. The number of urea groups is 1. The van der Waals surface area contributed by atoms with Crippen LogP contribution in [-0.2, 0) is 25.7 Å². The Morgan fingerprint density at radius 1 is 0.869 bits per heavy atom. The lowest BCUT2D eigenvalue weighted by molar-refractivity contribution is -0.139. The fraction of sp³-hybridized carbons (Fsp3) is 0.447. The molecule has 1 atom stereocenters. The van der Waals surface area contributed by atoms with Gasteiger partial charge in [-0.15, -0.1) is 0 Å². The van der Waals surface area contributed by atoms with Gasteiger partial charge in [-0.05, 0) is 118 Å². The summed E-state index contributed by atoms with van der Waals surface area (Å²) >= 11 is 0. The van der Waals surface area contributed by atoms with Crippen molar-refractivity contribution in [2.75, 3.05) is 49.5 Å². The number of piperidine rings is 3. The Bertz CT molecular complexity index is 2190. The van der Waals surface area contributed by atoms with Gasteiger partial charge in [-0.25, -0.2) is 14.8 Å². The quantitative estimate of drug-likeness (QED) is 0.138. The van der Waals surface area contributed by atoms with Gasteiger partial charge in [0.25, 0.3) is 5.91 Å². The molecule has 8 rings (SSSR count). The first-order chi connectivity index (χ1) is 29.5. The topological polar surface area (TPSA) is 158 Å². The number of carbonyl (C=O) groups excluding carboxylic acids is 4. The average Bonchev–Trinajstić information content (AvgIpc) is 3.25. The number of carbonyl (C=O) groups is 4.